The van der Waals surface area contributed by atoms with Gasteiger partial charge in [0.15, 0.2) is 19.8 Å². The first-order valence-electron chi connectivity index (χ1n) is 13.4. The second kappa shape index (κ2) is 8.78. The van der Waals surface area contributed by atoms with Gasteiger partial charge in [0.25, 0.3) is 0 Å². The Bertz CT molecular complexity index is 1020. The largest absolute Gasteiger partial charge is 0.428 e. The zero-order valence-corrected chi connectivity index (χ0v) is 24.5. The zero-order valence-electron chi connectivity index (χ0n) is 23.5. The van der Waals surface area contributed by atoms with Gasteiger partial charge in [0.2, 0.25) is 0 Å². The number of aryl methyl sites for hydroxylation is 1. The average Bonchev–Trinajstić information content (AvgIpc) is 3.14. The summed E-state index contributed by atoms with van der Waals surface area (Å²) in [5.41, 5.74) is 2.70. The van der Waals surface area contributed by atoms with Crippen LogP contribution in [0.5, 0.6) is 11.5 Å². The first-order valence-corrected chi connectivity index (χ1v) is 16.3. The highest BCUT2D eigenvalue weighted by Gasteiger charge is 2.59. The molecule has 194 valence electrons. The van der Waals surface area contributed by atoms with E-state index in [2.05, 4.69) is 73.7 Å². The summed E-state index contributed by atoms with van der Waals surface area (Å²) in [6.45, 7) is 22.2. The number of nitriles is 1. The fourth-order valence-corrected chi connectivity index (χ4v) is 7.88. The molecule has 0 N–H and O–H groups in total. The van der Waals surface area contributed by atoms with Gasteiger partial charge in [-0.1, -0.05) is 54.5 Å². The lowest BCUT2D eigenvalue weighted by Crippen LogP contribution is -2.56. The van der Waals surface area contributed by atoms with Crippen molar-refractivity contribution >= 4 is 8.32 Å². The second-order valence-electron chi connectivity index (χ2n) is 13.4. The van der Waals surface area contributed by atoms with E-state index in [4.69, 9.17) is 18.6 Å². The number of benzene rings is 1. The summed E-state index contributed by atoms with van der Waals surface area (Å²) in [6.07, 6.45) is 3.68. The molecule has 0 saturated heterocycles. The summed E-state index contributed by atoms with van der Waals surface area (Å²) in [6, 6.07) is 5.14. The molecule has 0 aromatic heterocycles. The van der Waals surface area contributed by atoms with Crippen molar-refractivity contribution in [3.8, 4) is 17.6 Å². The molecule has 1 aliphatic heterocycles. The van der Waals surface area contributed by atoms with E-state index in [-0.39, 0.29) is 28.4 Å². The lowest BCUT2D eigenvalue weighted by molar-refractivity contribution is -0.174. The summed E-state index contributed by atoms with van der Waals surface area (Å²) < 4.78 is 25.3. The van der Waals surface area contributed by atoms with Crippen molar-refractivity contribution in [2.24, 2.45) is 11.3 Å². The summed E-state index contributed by atoms with van der Waals surface area (Å²) in [5, 5.41) is 11.1. The molecule has 1 fully saturated rings. The molecule has 4 atom stereocenters. The van der Waals surface area contributed by atoms with Gasteiger partial charge in [0, 0.05) is 17.2 Å². The number of nitrogens with zero attached hydrogens (tertiary/aromatic N) is 1. The normalized spacial score (nSPS) is 29.5. The van der Waals surface area contributed by atoms with Gasteiger partial charge in [0.05, 0.1) is 18.1 Å². The van der Waals surface area contributed by atoms with E-state index in [1.807, 2.05) is 6.92 Å². The van der Waals surface area contributed by atoms with Crippen molar-refractivity contribution in [1.29, 1.82) is 5.26 Å². The van der Waals surface area contributed by atoms with Crippen LogP contribution in [0.1, 0.15) is 97.3 Å². The fourth-order valence-electron chi connectivity index (χ4n) is 6.52. The predicted octanol–water partition coefficient (Wildman–Crippen LogP) is 7.44. The van der Waals surface area contributed by atoms with Gasteiger partial charge < -0.3 is 18.6 Å². The summed E-state index contributed by atoms with van der Waals surface area (Å²) in [5.74, 6) is 2.01. The van der Waals surface area contributed by atoms with Gasteiger partial charge in [-0.15, -0.1) is 0 Å². The minimum atomic E-state index is -2.00. The van der Waals surface area contributed by atoms with Crippen LogP contribution in [-0.2, 0) is 21.0 Å². The summed E-state index contributed by atoms with van der Waals surface area (Å²) >= 11 is 0. The minimum absolute atomic E-state index is 0.0267. The van der Waals surface area contributed by atoms with Gasteiger partial charge in [0.1, 0.15) is 0 Å². The lowest BCUT2D eigenvalue weighted by Gasteiger charge is -2.56. The van der Waals surface area contributed by atoms with Crippen molar-refractivity contribution in [1.82, 2.24) is 0 Å². The third kappa shape index (κ3) is 4.32. The molecule has 1 heterocycles. The van der Waals surface area contributed by atoms with Crippen molar-refractivity contribution < 1.29 is 18.6 Å². The SMILES string of the molecule is CCOC1Oc2c(C(C)C)cc3c(c2O1)[C@]1(C#N)C[C@H](O[Si](C)(C)C(C)(C)C)CC(C)(C)[C@H]1CC3. The van der Waals surface area contributed by atoms with E-state index in [1.165, 1.54) is 5.56 Å². The van der Waals surface area contributed by atoms with E-state index < -0.39 is 20.2 Å². The Hall–Kier alpha value is -1.55. The highest BCUT2D eigenvalue weighted by Crippen LogP contribution is 2.62. The summed E-state index contributed by atoms with van der Waals surface area (Å²) in [4.78, 5) is 0. The summed E-state index contributed by atoms with van der Waals surface area (Å²) in [7, 11) is -2.00. The van der Waals surface area contributed by atoms with E-state index in [0.717, 1.165) is 41.9 Å². The number of rotatable bonds is 5. The van der Waals surface area contributed by atoms with Crippen LogP contribution < -0.4 is 9.47 Å². The number of hydrogen-bond donors (Lipinski definition) is 0. The third-order valence-corrected chi connectivity index (χ3v) is 13.7. The Morgan fingerprint density at radius 1 is 1.17 bits per heavy atom. The maximum Gasteiger partial charge on any atom is 0.361 e. The topological polar surface area (TPSA) is 60.7 Å². The van der Waals surface area contributed by atoms with Crippen molar-refractivity contribution in [2.45, 2.75) is 123 Å². The van der Waals surface area contributed by atoms with Crippen LogP contribution in [0.2, 0.25) is 18.1 Å². The van der Waals surface area contributed by atoms with Crippen LogP contribution in [0.3, 0.4) is 0 Å². The molecule has 5 nitrogen and oxygen atoms in total. The van der Waals surface area contributed by atoms with Crippen LogP contribution in [0, 0.1) is 22.7 Å². The molecule has 0 bridgehead atoms. The molecule has 6 heteroatoms. The molecule has 4 rings (SSSR count). The zero-order chi connectivity index (χ0) is 26.0. The second-order valence-corrected chi connectivity index (χ2v) is 18.1. The van der Waals surface area contributed by atoms with Crippen molar-refractivity contribution in [3.05, 3.63) is 22.8 Å². The Morgan fingerprint density at radius 2 is 1.83 bits per heavy atom. The molecule has 3 aliphatic rings. The molecule has 35 heavy (non-hydrogen) atoms. The average molecular weight is 500 g/mol. The van der Waals surface area contributed by atoms with Crippen LogP contribution in [-0.4, -0.2) is 27.5 Å². The Morgan fingerprint density at radius 3 is 2.40 bits per heavy atom. The van der Waals surface area contributed by atoms with Gasteiger partial charge in [-0.2, -0.15) is 5.26 Å². The van der Waals surface area contributed by atoms with E-state index in [9.17, 15) is 5.26 Å². The van der Waals surface area contributed by atoms with E-state index in [0.29, 0.717) is 13.0 Å². The minimum Gasteiger partial charge on any atom is -0.428 e. The molecule has 1 saturated carbocycles. The molecule has 1 aromatic rings. The molecular weight excluding hydrogens is 454 g/mol. The predicted molar refractivity (Wildman–Crippen MR) is 141 cm³/mol. The number of hydrogen-bond acceptors (Lipinski definition) is 5. The Kier molecular flexibility index (Phi) is 6.65. The Balaban J connectivity index is 1.86. The van der Waals surface area contributed by atoms with E-state index >= 15 is 0 Å². The highest BCUT2D eigenvalue weighted by molar-refractivity contribution is 6.74. The van der Waals surface area contributed by atoms with Gasteiger partial charge in [-0.05, 0) is 73.6 Å². The first kappa shape index (κ1) is 26.5. The number of fused-ring (bicyclic) bond motifs is 5. The first-order chi connectivity index (χ1) is 16.2. The molecule has 1 aromatic carbocycles. The standard InChI is InChI=1S/C29H45NO4Si/c1-11-31-26-32-24-21(18(2)3)14-19-12-13-22-28(7,8)15-20(34-35(9,10)27(4,5)6)16-29(22,17-30)23(19)25(24)33-26/h14,18,20,22,26H,11-13,15-16H2,1-10H3/t20-,22-,26?,29+/m1/s1. The fraction of sp³-hybridized carbons (Fsp3) is 0.759. The highest BCUT2D eigenvalue weighted by atomic mass is 28.4. The quantitative estimate of drug-likeness (QED) is 0.394. The van der Waals surface area contributed by atoms with Gasteiger partial charge in [-0.25, -0.2) is 0 Å². The number of ether oxygens (including phenoxy) is 3. The van der Waals surface area contributed by atoms with Crippen LogP contribution in [0.4, 0.5) is 0 Å². The molecule has 0 radical (unpaired) electrons. The monoisotopic (exact) mass is 499 g/mol. The van der Waals surface area contributed by atoms with E-state index in [1.54, 1.807) is 0 Å². The lowest BCUT2D eigenvalue weighted by atomic mass is 9.49. The maximum absolute atomic E-state index is 11.0. The van der Waals surface area contributed by atoms with Gasteiger partial charge in [-0.3, -0.25) is 0 Å². The molecule has 0 spiro atoms. The third-order valence-electron chi connectivity index (χ3n) is 9.16. The van der Waals surface area contributed by atoms with Crippen molar-refractivity contribution in [3.63, 3.8) is 0 Å². The molecule has 0 amide bonds. The molecular formula is C29H45NO4Si. The van der Waals surface area contributed by atoms with Crippen LogP contribution in [0.25, 0.3) is 0 Å². The molecule has 1 unspecified atom stereocenters. The van der Waals surface area contributed by atoms with Crippen molar-refractivity contribution in [2.75, 3.05) is 6.61 Å². The molecule has 2 aliphatic carbocycles. The van der Waals surface area contributed by atoms with Crippen LogP contribution in [0.15, 0.2) is 6.07 Å². The van der Waals surface area contributed by atoms with Gasteiger partial charge >= 0.3 is 6.48 Å². The van der Waals surface area contributed by atoms with Crippen LogP contribution >= 0.6 is 0 Å². The maximum atomic E-state index is 11.0. The Labute approximate surface area is 213 Å². The smallest absolute Gasteiger partial charge is 0.361 e.